The van der Waals surface area contributed by atoms with E-state index < -0.39 is 0 Å². The van der Waals surface area contributed by atoms with Crippen molar-refractivity contribution in [2.24, 2.45) is 0 Å². The van der Waals surface area contributed by atoms with E-state index in [9.17, 15) is 9.90 Å². The Bertz CT molecular complexity index is 412. The lowest BCUT2D eigenvalue weighted by Gasteiger charge is -2.06. The van der Waals surface area contributed by atoms with E-state index in [-0.39, 0.29) is 11.7 Å². The van der Waals surface area contributed by atoms with Crippen LogP contribution in [-0.2, 0) is 4.74 Å². The predicted molar refractivity (Wildman–Crippen MR) is 88.7 cm³/mol. The van der Waals surface area contributed by atoms with Crippen LogP contribution < -0.4 is 0 Å². The summed E-state index contributed by atoms with van der Waals surface area (Å²) in [6, 6.07) is 4.60. The molecule has 21 heavy (non-hydrogen) atoms. The van der Waals surface area contributed by atoms with Crippen molar-refractivity contribution in [3.05, 3.63) is 28.2 Å². The number of ether oxygens (including phenoxy) is 1. The minimum Gasteiger partial charge on any atom is -0.508 e. The Balaban J connectivity index is 2.11. The number of esters is 1. The van der Waals surface area contributed by atoms with Gasteiger partial charge in [0.15, 0.2) is 0 Å². The standard InChI is InChI=1S/C17H25BrO3/c1-2-3-4-5-6-7-8-9-10-21-17(20)14-11-15(18)13-16(19)12-14/h11-13,19H,2-10H2,1H3. The van der Waals surface area contributed by atoms with Crippen molar-refractivity contribution in [3.8, 4) is 5.75 Å². The van der Waals surface area contributed by atoms with E-state index in [1.54, 1.807) is 6.07 Å². The van der Waals surface area contributed by atoms with Gasteiger partial charge in [-0.25, -0.2) is 4.79 Å². The van der Waals surface area contributed by atoms with Crippen molar-refractivity contribution in [1.82, 2.24) is 0 Å². The Morgan fingerprint density at radius 1 is 1.05 bits per heavy atom. The highest BCUT2D eigenvalue weighted by Gasteiger charge is 2.09. The molecule has 0 bridgehead atoms. The number of rotatable bonds is 10. The molecule has 3 nitrogen and oxygen atoms in total. The fourth-order valence-electron chi connectivity index (χ4n) is 2.18. The maximum absolute atomic E-state index is 11.8. The number of unbranched alkanes of at least 4 members (excludes halogenated alkanes) is 7. The van der Waals surface area contributed by atoms with Gasteiger partial charge in [-0.1, -0.05) is 67.8 Å². The number of phenolic OH excluding ortho intramolecular Hbond substituents is 1. The van der Waals surface area contributed by atoms with E-state index in [4.69, 9.17) is 4.74 Å². The number of halogens is 1. The predicted octanol–water partition coefficient (Wildman–Crippen LogP) is 5.45. The van der Waals surface area contributed by atoms with E-state index in [1.807, 2.05) is 0 Å². The van der Waals surface area contributed by atoms with Crippen molar-refractivity contribution in [3.63, 3.8) is 0 Å². The molecule has 0 saturated heterocycles. The third-order valence-electron chi connectivity index (χ3n) is 3.35. The number of aromatic hydroxyl groups is 1. The van der Waals surface area contributed by atoms with Crippen molar-refractivity contribution in [2.75, 3.05) is 6.61 Å². The molecule has 0 aliphatic heterocycles. The van der Waals surface area contributed by atoms with Crippen LogP contribution in [0.15, 0.2) is 22.7 Å². The second kappa shape index (κ2) is 10.7. The normalized spacial score (nSPS) is 10.6. The summed E-state index contributed by atoms with van der Waals surface area (Å²) >= 11 is 3.24. The summed E-state index contributed by atoms with van der Waals surface area (Å²) in [7, 11) is 0. The number of carbonyl (C=O) groups is 1. The van der Waals surface area contributed by atoms with Gasteiger partial charge in [0, 0.05) is 4.47 Å². The van der Waals surface area contributed by atoms with Gasteiger partial charge in [0.25, 0.3) is 0 Å². The average molecular weight is 357 g/mol. The molecule has 1 rings (SSSR count). The highest BCUT2D eigenvalue weighted by molar-refractivity contribution is 9.10. The molecule has 0 amide bonds. The Kier molecular flexibility index (Phi) is 9.15. The van der Waals surface area contributed by atoms with Gasteiger partial charge >= 0.3 is 5.97 Å². The maximum Gasteiger partial charge on any atom is 0.338 e. The summed E-state index contributed by atoms with van der Waals surface area (Å²) in [5.41, 5.74) is 0.376. The average Bonchev–Trinajstić information content (AvgIpc) is 2.44. The summed E-state index contributed by atoms with van der Waals surface area (Å²) in [4.78, 5) is 11.8. The largest absolute Gasteiger partial charge is 0.508 e. The zero-order valence-corrected chi connectivity index (χ0v) is 14.3. The van der Waals surface area contributed by atoms with Crippen LogP contribution in [0.5, 0.6) is 5.75 Å². The first kappa shape index (κ1) is 18.0. The maximum atomic E-state index is 11.8. The lowest BCUT2D eigenvalue weighted by molar-refractivity contribution is 0.0497. The minimum absolute atomic E-state index is 0.0587. The molecule has 0 heterocycles. The molecule has 0 aliphatic rings. The Morgan fingerprint density at radius 3 is 2.29 bits per heavy atom. The zero-order valence-electron chi connectivity index (χ0n) is 12.7. The Labute approximate surface area is 135 Å². The highest BCUT2D eigenvalue weighted by atomic mass is 79.9. The molecule has 0 radical (unpaired) electrons. The van der Waals surface area contributed by atoms with Crippen molar-refractivity contribution in [1.29, 1.82) is 0 Å². The van der Waals surface area contributed by atoms with E-state index in [1.165, 1.54) is 50.7 Å². The molecular formula is C17H25BrO3. The second-order valence-corrected chi connectivity index (χ2v) is 6.22. The second-order valence-electron chi connectivity index (χ2n) is 5.31. The first-order valence-corrected chi connectivity index (χ1v) is 8.59. The smallest absolute Gasteiger partial charge is 0.338 e. The minimum atomic E-state index is -0.380. The third-order valence-corrected chi connectivity index (χ3v) is 3.81. The van der Waals surface area contributed by atoms with Gasteiger partial charge in [0.1, 0.15) is 5.75 Å². The molecule has 1 aromatic rings. The fourth-order valence-corrected chi connectivity index (χ4v) is 2.66. The highest BCUT2D eigenvalue weighted by Crippen LogP contribution is 2.20. The monoisotopic (exact) mass is 356 g/mol. The molecule has 0 unspecified atom stereocenters. The van der Waals surface area contributed by atoms with Crippen LogP contribution in [0.4, 0.5) is 0 Å². The van der Waals surface area contributed by atoms with Gasteiger partial charge < -0.3 is 9.84 Å². The topological polar surface area (TPSA) is 46.5 Å². The molecule has 0 aliphatic carbocycles. The molecule has 0 spiro atoms. The third kappa shape index (κ3) is 8.10. The molecule has 0 saturated carbocycles. The molecule has 0 aromatic heterocycles. The summed E-state index contributed by atoms with van der Waals surface area (Å²) in [5.74, 6) is -0.321. The zero-order chi connectivity index (χ0) is 15.5. The molecule has 4 heteroatoms. The molecule has 0 atom stereocenters. The van der Waals surface area contributed by atoms with Crippen molar-refractivity contribution in [2.45, 2.75) is 58.3 Å². The lowest BCUT2D eigenvalue weighted by Crippen LogP contribution is -2.06. The molecule has 1 N–H and O–H groups in total. The summed E-state index contributed by atoms with van der Waals surface area (Å²) in [6.07, 6.45) is 9.73. The number of phenols is 1. The van der Waals surface area contributed by atoms with E-state index >= 15 is 0 Å². The molecule has 1 aromatic carbocycles. The summed E-state index contributed by atoms with van der Waals surface area (Å²) < 4.78 is 5.88. The van der Waals surface area contributed by atoms with Crippen LogP contribution in [0.1, 0.15) is 68.6 Å². The SMILES string of the molecule is CCCCCCCCCCOC(=O)c1cc(O)cc(Br)c1. The van der Waals surface area contributed by atoms with Gasteiger partial charge in [0.2, 0.25) is 0 Å². The Morgan fingerprint density at radius 2 is 1.67 bits per heavy atom. The van der Waals surface area contributed by atoms with Crippen LogP contribution in [0.3, 0.4) is 0 Å². The summed E-state index contributed by atoms with van der Waals surface area (Å²) in [5, 5.41) is 9.44. The van der Waals surface area contributed by atoms with Crippen LogP contribution in [0.2, 0.25) is 0 Å². The van der Waals surface area contributed by atoms with Crippen molar-refractivity contribution >= 4 is 21.9 Å². The number of benzene rings is 1. The molecule has 0 fully saturated rings. The fraction of sp³-hybridized carbons (Fsp3) is 0.588. The van der Waals surface area contributed by atoms with Crippen LogP contribution in [0, 0.1) is 0 Å². The summed E-state index contributed by atoms with van der Waals surface area (Å²) in [6.45, 7) is 2.67. The molecule has 118 valence electrons. The Hall–Kier alpha value is -1.03. The number of hydrogen-bond acceptors (Lipinski definition) is 3. The molecular weight excluding hydrogens is 332 g/mol. The lowest BCUT2D eigenvalue weighted by atomic mass is 10.1. The van der Waals surface area contributed by atoms with Crippen LogP contribution in [-0.4, -0.2) is 17.7 Å². The van der Waals surface area contributed by atoms with Gasteiger partial charge in [-0.2, -0.15) is 0 Å². The van der Waals surface area contributed by atoms with Gasteiger partial charge in [-0.3, -0.25) is 0 Å². The quantitative estimate of drug-likeness (QED) is 0.447. The number of carbonyl (C=O) groups excluding carboxylic acids is 1. The van der Waals surface area contributed by atoms with Crippen LogP contribution in [0.25, 0.3) is 0 Å². The van der Waals surface area contributed by atoms with E-state index in [0.29, 0.717) is 16.6 Å². The van der Waals surface area contributed by atoms with Gasteiger partial charge in [-0.05, 0) is 24.6 Å². The van der Waals surface area contributed by atoms with Crippen LogP contribution >= 0.6 is 15.9 Å². The van der Waals surface area contributed by atoms with E-state index in [0.717, 1.165) is 12.8 Å². The number of hydrogen-bond donors (Lipinski definition) is 1. The van der Waals surface area contributed by atoms with Gasteiger partial charge in [0.05, 0.1) is 12.2 Å². The first-order valence-electron chi connectivity index (χ1n) is 7.80. The van der Waals surface area contributed by atoms with Crippen molar-refractivity contribution < 1.29 is 14.6 Å². The van der Waals surface area contributed by atoms with E-state index in [2.05, 4.69) is 22.9 Å². The first-order chi connectivity index (χ1) is 10.1. The van der Waals surface area contributed by atoms with Gasteiger partial charge in [-0.15, -0.1) is 0 Å².